The average Bonchev–Trinajstić information content (AvgIpc) is 2.80. The predicted octanol–water partition coefficient (Wildman–Crippen LogP) is 2.65. The molecule has 1 aromatic carbocycles. The number of hydrogen-bond donors (Lipinski definition) is 2. The van der Waals surface area contributed by atoms with Gasteiger partial charge in [0.1, 0.15) is 0 Å². The minimum atomic E-state index is -0.112. The smallest absolute Gasteiger partial charge is 0.230 e. The van der Waals surface area contributed by atoms with Crippen LogP contribution in [0.15, 0.2) is 29.6 Å². The Balaban J connectivity index is 1.95. The van der Waals surface area contributed by atoms with Gasteiger partial charge in [0.2, 0.25) is 5.91 Å². The first-order valence-corrected chi connectivity index (χ1v) is 6.99. The van der Waals surface area contributed by atoms with Gasteiger partial charge in [0.05, 0.1) is 12.1 Å². The number of carbonyl (C=O) groups is 1. The van der Waals surface area contributed by atoms with E-state index in [9.17, 15) is 4.79 Å². The molecule has 5 heteroatoms. The molecule has 3 N–H and O–H groups in total. The van der Waals surface area contributed by atoms with E-state index >= 15 is 0 Å². The molecule has 1 amide bonds. The van der Waals surface area contributed by atoms with Crippen LogP contribution in [0.4, 0.5) is 5.13 Å². The zero-order chi connectivity index (χ0) is 13.8. The molecule has 1 aromatic heterocycles. The molecule has 0 fully saturated rings. The van der Waals surface area contributed by atoms with Crippen molar-refractivity contribution >= 4 is 22.4 Å². The van der Waals surface area contributed by atoms with Crippen molar-refractivity contribution in [3.8, 4) is 0 Å². The summed E-state index contributed by atoms with van der Waals surface area (Å²) in [4.78, 5) is 16.1. The maximum atomic E-state index is 11.9. The molecule has 19 heavy (non-hydrogen) atoms. The van der Waals surface area contributed by atoms with Crippen LogP contribution in [-0.4, -0.2) is 10.9 Å². The Kier molecular flexibility index (Phi) is 4.29. The van der Waals surface area contributed by atoms with Crippen molar-refractivity contribution in [2.24, 2.45) is 5.73 Å². The molecule has 0 saturated carbocycles. The molecule has 4 nitrogen and oxygen atoms in total. The van der Waals surface area contributed by atoms with Crippen molar-refractivity contribution in [1.82, 2.24) is 4.98 Å². The number of anilines is 1. The van der Waals surface area contributed by atoms with Gasteiger partial charge in [-0.25, -0.2) is 4.98 Å². The van der Waals surface area contributed by atoms with Crippen LogP contribution < -0.4 is 11.1 Å². The van der Waals surface area contributed by atoms with E-state index in [0.717, 1.165) is 11.3 Å². The van der Waals surface area contributed by atoms with Gasteiger partial charge in [-0.05, 0) is 19.4 Å². The Morgan fingerprint density at radius 1 is 1.42 bits per heavy atom. The lowest BCUT2D eigenvalue weighted by atomic mass is 10.1. The summed E-state index contributed by atoms with van der Waals surface area (Å²) in [6.07, 6.45) is 0.355. The van der Waals surface area contributed by atoms with Crippen molar-refractivity contribution in [2.45, 2.75) is 26.3 Å². The van der Waals surface area contributed by atoms with E-state index in [2.05, 4.69) is 10.3 Å². The fourth-order valence-electron chi connectivity index (χ4n) is 1.61. The number of amides is 1. The largest absolute Gasteiger partial charge is 0.323 e. The van der Waals surface area contributed by atoms with Gasteiger partial charge < -0.3 is 11.1 Å². The van der Waals surface area contributed by atoms with Gasteiger partial charge in [-0.2, -0.15) is 0 Å². The second kappa shape index (κ2) is 5.95. The number of aryl methyl sites for hydroxylation is 1. The van der Waals surface area contributed by atoms with Crippen LogP contribution in [0.2, 0.25) is 0 Å². The maximum Gasteiger partial charge on any atom is 0.230 e. The highest BCUT2D eigenvalue weighted by Crippen LogP contribution is 2.19. The number of thiazole rings is 1. The van der Waals surface area contributed by atoms with E-state index in [1.54, 1.807) is 0 Å². The molecule has 2 aromatic rings. The van der Waals surface area contributed by atoms with Crippen LogP contribution in [0.3, 0.4) is 0 Å². The topological polar surface area (TPSA) is 68.0 Å². The number of aromatic nitrogens is 1. The first-order valence-electron chi connectivity index (χ1n) is 6.11. The van der Waals surface area contributed by atoms with E-state index in [-0.39, 0.29) is 11.9 Å². The van der Waals surface area contributed by atoms with Crippen LogP contribution in [0, 0.1) is 6.92 Å². The van der Waals surface area contributed by atoms with Crippen molar-refractivity contribution in [1.29, 1.82) is 0 Å². The molecule has 1 unspecified atom stereocenters. The predicted molar refractivity (Wildman–Crippen MR) is 78.2 cm³/mol. The number of nitrogens with zero attached hydrogens (tertiary/aromatic N) is 1. The SMILES string of the molecule is Cc1ccc(CC(=O)Nc2nc(C(C)N)cs2)cc1. The molecule has 2 rings (SSSR count). The van der Waals surface area contributed by atoms with Crippen molar-refractivity contribution < 1.29 is 4.79 Å². The van der Waals surface area contributed by atoms with E-state index in [0.29, 0.717) is 11.6 Å². The molecule has 0 bridgehead atoms. The summed E-state index contributed by atoms with van der Waals surface area (Å²) >= 11 is 1.40. The number of nitrogens with one attached hydrogen (secondary N) is 1. The molecule has 0 aliphatic carbocycles. The summed E-state index contributed by atoms with van der Waals surface area (Å²) in [6, 6.07) is 7.81. The standard InChI is InChI=1S/C14H17N3OS/c1-9-3-5-11(6-4-9)7-13(18)17-14-16-12(8-19-14)10(2)15/h3-6,8,10H,7,15H2,1-2H3,(H,16,17,18). The fraction of sp³-hybridized carbons (Fsp3) is 0.286. The van der Waals surface area contributed by atoms with Crippen LogP contribution in [0.5, 0.6) is 0 Å². The number of hydrogen-bond acceptors (Lipinski definition) is 4. The molecule has 100 valence electrons. The normalized spacial score (nSPS) is 12.2. The Morgan fingerprint density at radius 2 is 2.11 bits per heavy atom. The lowest BCUT2D eigenvalue weighted by molar-refractivity contribution is -0.115. The molecular formula is C14H17N3OS. The Bertz CT molecular complexity index is 560. The van der Waals surface area contributed by atoms with Crippen LogP contribution in [0.1, 0.15) is 29.8 Å². The van der Waals surface area contributed by atoms with Gasteiger partial charge in [0.25, 0.3) is 0 Å². The number of carbonyl (C=O) groups excluding carboxylic acids is 1. The fourth-order valence-corrected chi connectivity index (χ4v) is 2.44. The Labute approximate surface area is 116 Å². The van der Waals surface area contributed by atoms with Crippen LogP contribution in [-0.2, 0) is 11.2 Å². The van der Waals surface area contributed by atoms with Gasteiger partial charge in [0, 0.05) is 11.4 Å². The first-order chi connectivity index (χ1) is 9.04. The third kappa shape index (κ3) is 3.87. The minimum absolute atomic E-state index is 0.0607. The second-order valence-electron chi connectivity index (χ2n) is 4.58. The van der Waals surface area contributed by atoms with Crippen LogP contribution >= 0.6 is 11.3 Å². The van der Waals surface area contributed by atoms with Crippen molar-refractivity contribution in [3.63, 3.8) is 0 Å². The molecular weight excluding hydrogens is 258 g/mol. The van der Waals surface area contributed by atoms with Gasteiger partial charge >= 0.3 is 0 Å². The highest BCUT2D eigenvalue weighted by atomic mass is 32.1. The number of rotatable bonds is 4. The quantitative estimate of drug-likeness (QED) is 0.901. The highest BCUT2D eigenvalue weighted by Gasteiger charge is 2.09. The average molecular weight is 275 g/mol. The third-order valence-corrected chi connectivity index (χ3v) is 3.50. The molecule has 1 atom stereocenters. The van der Waals surface area contributed by atoms with E-state index < -0.39 is 0 Å². The second-order valence-corrected chi connectivity index (χ2v) is 5.43. The van der Waals surface area contributed by atoms with Crippen LogP contribution in [0.25, 0.3) is 0 Å². The van der Waals surface area contributed by atoms with Gasteiger partial charge in [-0.1, -0.05) is 29.8 Å². The minimum Gasteiger partial charge on any atom is -0.323 e. The van der Waals surface area contributed by atoms with E-state index in [1.165, 1.54) is 16.9 Å². The summed E-state index contributed by atoms with van der Waals surface area (Å²) in [5.74, 6) is -0.0607. The summed E-state index contributed by atoms with van der Waals surface area (Å²) in [6.45, 7) is 3.89. The van der Waals surface area contributed by atoms with Gasteiger partial charge in [-0.3, -0.25) is 4.79 Å². The lowest BCUT2D eigenvalue weighted by Crippen LogP contribution is -2.14. The van der Waals surface area contributed by atoms with E-state index in [4.69, 9.17) is 5.73 Å². The molecule has 1 heterocycles. The number of benzene rings is 1. The lowest BCUT2D eigenvalue weighted by Gasteiger charge is -2.03. The van der Waals surface area contributed by atoms with E-state index in [1.807, 2.05) is 43.5 Å². The zero-order valence-electron chi connectivity index (χ0n) is 11.0. The zero-order valence-corrected chi connectivity index (χ0v) is 11.8. The summed E-state index contributed by atoms with van der Waals surface area (Å²) in [5.41, 5.74) is 8.71. The van der Waals surface area contributed by atoms with Crippen molar-refractivity contribution in [2.75, 3.05) is 5.32 Å². The van der Waals surface area contributed by atoms with Crippen molar-refractivity contribution in [3.05, 3.63) is 46.5 Å². The number of nitrogens with two attached hydrogens (primary N) is 1. The maximum absolute atomic E-state index is 11.9. The summed E-state index contributed by atoms with van der Waals surface area (Å²) in [5, 5.41) is 5.26. The van der Waals surface area contributed by atoms with Gasteiger partial charge in [-0.15, -0.1) is 11.3 Å². The molecule has 0 radical (unpaired) electrons. The molecule has 0 aliphatic rings. The first kappa shape index (κ1) is 13.7. The third-order valence-electron chi connectivity index (χ3n) is 2.72. The summed E-state index contributed by atoms with van der Waals surface area (Å²) < 4.78 is 0. The molecule has 0 saturated heterocycles. The Hall–Kier alpha value is -1.72. The monoisotopic (exact) mass is 275 g/mol. The summed E-state index contributed by atoms with van der Waals surface area (Å²) in [7, 11) is 0. The Morgan fingerprint density at radius 3 is 2.68 bits per heavy atom. The molecule has 0 spiro atoms. The van der Waals surface area contributed by atoms with Gasteiger partial charge in [0.15, 0.2) is 5.13 Å². The molecule has 0 aliphatic heterocycles. The highest BCUT2D eigenvalue weighted by molar-refractivity contribution is 7.13.